The molecule has 5 nitrogen and oxygen atoms in total. The standard InChI is InChI=1S/C16H16N2O3S/c1-8(19)18-16-13(15(17)20)11-7-6-9-10(14(11)22-16)4-3-5-12(9)21-2/h3-5H,6-7H2,1-2H3,(H2,17,20)(H,18,19). The molecule has 1 aromatic heterocycles. The van der Waals surface area contributed by atoms with E-state index < -0.39 is 5.91 Å². The molecular formula is C16H16N2O3S. The number of amides is 2. The van der Waals surface area contributed by atoms with Gasteiger partial charge in [-0.3, -0.25) is 9.59 Å². The third kappa shape index (κ3) is 2.25. The number of hydrogen-bond donors (Lipinski definition) is 2. The monoisotopic (exact) mass is 316 g/mol. The quantitative estimate of drug-likeness (QED) is 0.913. The van der Waals surface area contributed by atoms with Crippen molar-refractivity contribution < 1.29 is 14.3 Å². The minimum absolute atomic E-state index is 0.216. The largest absolute Gasteiger partial charge is 0.496 e. The number of nitrogens with two attached hydrogens (primary N) is 1. The number of rotatable bonds is 3. The number of anilines is 1. The van der Waals surface area contributed by atoms with Crippen molar-refractivity contribution in [1.82, 2.24) is 0 Å². The predicted molar refractivity (Wildman–Crippen MR) is 86.5 cm³/mol. The van der Waals surface area contributed by atoms with Crippen LogP contribution in [0, 0.1) is 0 Å². The lowest BCUT2D eigenvalue weighted by molar-refractivity contribution is -0.114. The van der Waals surface area contributed by atoms with Gasteiger partial charge in [-0.05, 0) is 30.0 Å². The summed E-state index contributed by atoms with van der Waals surface area (Å²) in [6.45, 7) is 1.42. The van der Waals surface area contributed by atoms with Gasteiger partial charge in [-0.1, -0.05) is 12.1 Å². The Bertz CT molecular complexity index is 780. The summed E-state index contributed by atoms with van der Waals surface area (Å²) in [5, 5.41) is 3.25. The van der Waals surface area contributed by atoms with Crippen LogP contribution in [-0.4, -0.2) is 18.9 Å². The molecule has 0 atom stereocenters. The Morgan fingerprint density at radius 1 is 1.27 bits per heavy atom. The number of methoxy groups -OCH3 is 1. The number of hydrogen-bond acceptors (Lipinski definition) is 4. The van der Waals surface area contributed by atoms with Gasteiger partial charge in [0, 0.05) is 17.4 Å². The molecule has 0 spiro atoms. The third-order valence-electron chi connectivity index (χ3n) is 3.77. The fourth-order valence-electron chi connectivity index (χ4n) is 2.91. The maximum absolute atomic E-state index is 11.8. The molecule has 3 N–H and O–H groups in total. The van der Waals surface area contributed by atoms with Crippen LogP contribution in [0.15, 0.2) is 18.2 Å². The number of ether oxygens (including phenoxy) is 1. The highest BCUT2D eigenvalue weighted by molar-refractivity contribution is 7.20. The van der Waals surface area contributed by atoms with Crippen molar-refractivity contribution in [2.75, 3.05) is 12.4 Å². The van der Waals surface area contributed by atoms with E-state index in [0.717, 1.165) is 33.7 Å². The summed E-state index contributed by atoms with van der Waals surface area (Å²) in [5.41, 5.74) is 9.05. The van der Waals surface area contributed by atoms with Crippen LogP contribution in [-0.2, 0) is 17.6 Å². The maximum Gasteiger partial charge on any atom is 0.252 e. The highest BCUT2D eigenvalue weighted by atomic mass is 32.1. The van der Waals surface area contributed by atoms with Crippen LogP contribution in [0.25, 0.3) is 10.4 Å². The maximum atomic E-state index is 11.8. The highest BCUT2D eigenvalue weighted by Gasteiger charge is 2.28. The van der Waals surface area contributed by atoms with Crippen molar-refractivity contribution in [3.63, 3.8) is 0 Å². The van der Waals surface area contributed by atoms with Gasteiger partial charge in [0.05, 0.1) is 12.7 Å². The number of benzene rings is 1. The molecule has 0 saturated heterocycles. The van der Waals surface area contributed by atoms with Gasteiger partial charge >= 0.3 is 0 Å². The Morgan fingerprint density at radius 3 is 2.64 bits per heavy atom. The molecule has 0 fully saturated rings. The van der Waals surface area contributed by atoms with Crippen molar-refractivity contribution in [3.8, 4) is 16.2 Å². The lowest BCUT2D eigenvalue weighted by Crippen LogP contribution is -2.17. The molecule has 1 aliphatic carbocycles. The first-order chi connectivity index (χ1) is 10.5. The van der Waals surface area contributed by atoms with E-state index in [1.165, 1.54) is 18.3 Å². The van der Waals surface area contributed by atoms with Crippen molar-refractivity contribution in [3.05, 3.63) is 34.9 Å². The van der Waals surface area contributed by atoms with Crippen LogP contribution in [0.1, 0.15) is 28.4 Å². The van der Waals surface area contributed by atoms with E-state index in [1.807, 2.05) is 18.2 Å². The lowest BCUT2D eigenvalue weighted by atomic mass is 9.88. The van der Waals surface area contributed by atoms with E-state index in [0.29, 0.717) is 17.0 Å². The SMILES string of the molecule is COc1cccc2c1CCc1c-2sc(NC(C)=O)c1C(N)=O. The van der Waals surface area contributed by atoms with E-state index in [9.17, 15) is 9.59 Å². The molecule has 6 heteroatoms. The van der Waals surface area contributed by atoms with Gasteiger partial charge in [0.1, 0.15) is 10.8 Å². The summed E-state index contributed by atoms with van der Waals surface area (Å²) in [6, 6.07) is 5.87. The molecule has 0 saturated carbocycles. The smallest absolute Gasteiger partial charge is 0.252 e. The van der Waals surface area contributed by atoms with E-state index in [1.54, 1.807) is 7.11 Å². The number of carbonyl (C=O) groups excluding carboxylic acids is 2. The van der Waals surface area contributed by atoms with Crippen molar-refractivity contribution >= 4 is 28.2 Å². The Kier molecular flexibility index (Phi) is 3.62. The van der Waals surface area contributed by atoms with Crippen LogP contribution in [0.2, 0.25) is 0 Å². The second-order valence-electron chi connectivity index (χ2n) is 5.15. The number of thiophene rings is 1. The zero-order chi connectivity index (χ0) is 15.9. The van der Waals surface area contributed by atoms with E-state index in [4.69, 9.17) is 10.5 Å². The molecule has 0 unspecified atom stereocenters. The summed E-state index contributed by atoms with van der Waals surface area (Å²) in [5.74, 6) is 0.123. The molecule has 0 radical (unpaired) electrons. The first-order valence-electron chi connectivity index (χ1n) is 6.92. The molecule has 22 heavy (non-hydrogen) atoms. The van der Waals surface area contributed by atoms with Gasteiger partial charge in [-0.2, -0.15) is 0 Å². The molecule has 1 aromatic carbocycles. The molecular weight excluding hydrogens is 300 g/mol. The fourth-order valence-corrected chi connectivity index (χ4v) is 4.26. The Labute approximate surface area is 132 Å². The molecule has 3 rings (SSSR count). The summed E-state index contributed by atoms with van der Waals surface area (Å²) in [6.07, 6.45) is 1.49. The normalized spacial score (nSPS) is 12.3. The molecule has 2 amide bonds. The fraction of sp³-hybridized carbons (Fsp3) is 0.250. The number of nitrogens with one attached hydrogen (secondary N) is 1. The van der Waals surface area contributed by atoms with Crippen molar-refractivity contribution in [2.45, 2.75) is 19.8 Å². The van der Waals surface area contributed by atoms with Gasteiger partial charge in [-0.15, -0.1) is 11.3 Å². The van der Waals surface area contributed by atoms with Gasteiger partial charge in [0.15, 0.2) is 0 Å². The van der Waals surface area contributed by atoms with E-state index >= 15 is 0 Å². The Balaban J connectivity index is 2.22. The number of primary amides is 1. The second-order valence-corrected chi connectivity index (χ2v) is 6.17. The highest BCUT2D eigenvalue weighted by Crippen LogP contribution is 2.46. The Hall–Kier alpha value is -2.34. The molecule has 0 bridgehead atoms. The summed E-state index contributed by atoms with van der Waals surface area (Å²) >= 11 is 1.39. The zero-order valence-electron chi connectivity index (χ0n) is 12.4. The first kappa shape index (κ1) is 14.6. The second kappa shape index (κ2) is 5.46. The number of fused-ring (bicyclic) bond motifs is 3. The van der Waals surface area contributed by atoms with Crippen LogP contribution >= 0.6 is 11.3 Å². The number of carbonyl (C=O) groups is 2. The zero-order valence-corrected chi connectivity index (χ0v) is 13.2. The Morgan fingerprint density at radius 2 is 2.00 bits per heavy atom. The molecule has 2 aromatic rings. The summed E-state index contributed by atoms with van der Waals surface area (Å²) in [4.78, 5) is 24.2. The molecule has 1 aliphatic rings. The third-order valence-corrected chi connectivity index (χ3v) is 4.95. The molecule has 0 aliphatic heterocycles. The average molecular weight is 316 g/mol. The predicted octanol–water partition coefficient (Wildman–Crippen LogP) is 2.58. The average Bonchev–Trinajstić information content (AvgIpc) is 2.83. The van der Waals surface area contributed by atoms with Crippen LogP contribution < -0.4 is 15.8 Å². The minimum atomic E-state index is -0.507. The van der Waals surface area contributed by atoms with Crippen LogP contribution in [0.3, 0.4) is 0 Å². The summed E-state index contributed by atoms with van der Waals surface area (Å²) in [7, 11) is 1.65. The topological polar surface area (TPSA) is 81.4 Å². The van der Waals surface area contributed by atoms with Gasteiger partial charge in [0.2, 0.25) is 5.91 Å². The minimum Gasteiger partial charge on any atom is -0.496 e. The molecule has 114 valence electrons. The van der Waals surface area contributed by atoms with Crippen molar-refractivity contribution in [1.29, 1.82) is 0 Å². The first-order valence-corrected chi connectivity index (χ1v) is 7.74. The van der Waals surface area contributed by atoms with Gasteiger partial charge in [0.25, 0.3) is 5.91 Å². The van der Waals surface area contributed by atoms with E-state index in [-0.39, 0.29) is 5.91 Å². The summed E-state index contributed by atoms with van der Waals surface area (Å²) < 4.78 is 5.42. The lowest BCUT2D eigenvalue weighted by Gasteiger charge is -2.19. The van der Waals surface area contributed by atoms with Crippen LogP contribution in [0.4, 0.5) is 5.00 Å². The van der Waals surface area contributed by atoms with E-state index in [2.05, 4.69) is 5.32 Å². The molecule has 1 heterocycles. The van der Waals surface area contributed by atoms with Crippen molar-refractivity contribution in [2.24, 2.45) is 5.73 Å². The van der Waals surface area contributed by atoms with Gasteiger partial charge < -0.3 is 15.8 Å². The van der Waals surface area contributed by atoms with Crippen LogP contribution in [0.5, 0.6) is 5.75 Å². The van der Waals surface area contributed by atoms with Gasteiger partial charge in [-0.25, -0.2) is 0 Å².